The van der Waals surface area contributed by atoms with Gasteiger partial charge in [0.25, 0.3) is 0 Å². The molecular weight excluding hydrogens is 405 g/mol. The van der Waals surface area contributed by atoms with Crippen LogP contribution in [0.15, 0.2) is 48.7 Å². The second kappa shape index (κ2) is 7.35. The minimum Gasteiger partial charge on any atom is -0.348 e. The molecule has 0 aliphatic carbocycles. The third-order valence-corrected chi connectivity index (χ3v) is 4.71. The maximum atomic E-state index is 6.20. The summed E-state index contributed by atoms with van der Waals surface area (Å²) in [5.74, 6) is 0.457. The number of hydrogen-bond donors (Lipinski definition) is 1. The summed E-state index contributed by atoms with van der Waals surface area (Å²) in [4.78, 5) is 13.3. The summed E-state index contributed by atoms with van der Waals surface area (Å²) in [6.07, 6.45) is 1.84. The molecule has 1 aromatic carbocycles. The number of fused-ring (bicyclic) bond motifs is 1. The molecule has 0 bridgehead atoms. The molecule has 0 aliphatic rings. The highest BCUT2D eigenvalue weighted by molar-refractivity contribution is 6.31. The van der Waals surface area contributed by atoms with Gasteiger partial charge in [0.1, 0.15) is 10.8 Å². The van der Waals surface area contributed by atoms with Gasteiger partial charge in [0, 0.05) is 22.5 Å². The molecule has 0 unspecified atom stereocenters. The molecule has 3 aromatic heterocycles. The highest BCUT2D eigenvalue weighted by atomic mass is 35.5. The number of benzene rings is 1. The molecule has 0 fully saturated rings. The van der Waals surface area contributed by atoms with Crippen molar-refractivity contribution in [3.8, 4) is 11.3 Å². The number of hydrogen-bond acceptors (Lipinski definition) is 4. The summed E-state index contributed by atoms with van der Waals surface area (Å²) in [5, 5.41) is 4.92. The molecule has 3 heterocycles. The lowest BCUT2D eigenvalue weighted by Crippen LogP contribution is -2.07. The van der Waals surface area contributed by atoms with E-state index in [1.165, 1.54) is 0 Å². The molecule has 0 amide bonds. The highest BCUT2D eigenvalue weighted by Gasteiger charge is 2.15. The molecule has 0 saturated carbocycles. The van der Waals surface area contributed by atoms with Crippen LogP contribution in [0.1, 0.15) is 11.4 Å². The Morgan fingerprint density at radius 1 is 0.926 bits per heavy atom. The van der Waals surface area contributed by atoms with Gasteiger partial charge in [-0.05, 0) is 37.3 Å². The van der Waals surface area contributed by atoms with Crippen molar-refractivity contribution in [3.63, 3.8) is 0 Å². The van der Waals surface area contributed by atoms with E-state index in [9.17, 15) is 0 Å². The monoisotopic (exact) mass is 417 g/mol. The van der Waals surface area contributed by atoms with Crippen molar-refractivity contribution in [1.82, 2.24) is 19.4 Å². The van der Waals surface area contributed by atoms with Crippen molar-refractivity contribution < 1.29 is 0 Å². The Morgan fingerprint density at radius 2 is 1.67 bits per heavy atom. The van der Waals surface area contributed by atoms with E-state index in [1.54, 1.807) is 6.07 Å². The van der Waals surface area contributed by atoms with Crippen LogP contribution in [0.25, 0.3) is 16.9 Å². The number of aromatic nitrogens is 4. The Kier molecular flexibility index (Phi) is 4.91. The SMILES string of the molecule is Cc1cc(Cl)nc(NCc2c(-c3ccc(Cl)cc3)nc3ccc(Cl)cn23)n1. The predicted molar refractivity (Wildman–Crippen MR) is 110 cm³/mol. The van der Waals surface area contributed by atoms with Crippen LogP contribution < -0.4 is 5.32 Å². The highest BCUT2D eigenvalue weighted by Crippen LogP contribution is 2.27. The Bertz CT molecular complexity index is 1100. The van der Waals surface area contributed by atoms with Gasteiger partial charge in [0.15, 0.2) is 0 Å². The first-order valence-electron chi connectivity index (χ1n) is 8.17. The zero-order chi connectivity index (χ0) is 19.0. The first-order valence-corrected chi connectivity index (χ1v) is 9.30. The smallest absolute Gasteiger partial charge is 0.224 e. The third kappa shape index (κ3) is 3.86. The quantitative estimate of drug-likeness (QED) is 0.434. The van der Waals surface area contributed by atoms with E-state index in [0.717, 1.165) is 28.3 Å². The Balaban J connectivity index is 1.78. The second-order valence-corrected chi connectivity index (χ2v) is 7.26. The van der Waals surface area contributed by atoms with Crippen LogP contribution in [-0.4, -0.2) is 19.4 Å². The van der Waals surface area contributed by atoms with Gasteiger partial charge in [-0.25, -0.2) is 15.0 Å². The van der Waals surface area contributed by atoms with Crippen LogP contribution in [0.4, 0.5) is 5.95 Å². The van der Waals surface area contributed by atoms with Crippen molar-refractivity contribution in [2.24, 2.45) is 0 Å². The number of aryl methyl sites for hydroxylation is 1. The molecule has 4 rings (SSSR count). The maximum Gasteiger partial charge on any atom is 0.224 e. The minimum atomic E-state index is 0.393. The van der Waals surface area contributed by atoms with Gasteiger partial charge in [0.2, 0.25) is 5.95 Å². The molecule has 0 atom stereocenters. The van der Waals surface area contributed by atoms with Gasteiger partial charge in [0.05, 0.1) is 23.0 Å². The van der Waals surface area contributed by atoms with E-state index in [1.807, 2.05) is 53.9 Å². The molecule has 0 saturated heterocycles. The standard InChI is InChI=1S/C19H14Cl3N5/c1-11-8-16(22)25-19(24-11)23-9-15-18(12-2-4-13(20)5-3-12)26-17-7-6-14(21)10-27(15)17/h2-8,10H,9H2,1H3,(H,23,24,25). The fraction of sp³-hybridized carbons (Fsp3) is 0.105. The first-order chi connectivity index (χ1) is 13.0. The number of rotatable bonds is 4. The van der Waals surface area contributed by atoms with E-state index in [0.29, 0.717) is 27.7 Å². The summed E-state index contributed by atoms with van der Waals surface area (Å²) in [5.41, 5.74) is 4.30. The zero-order valence-corrected chi connectivity index (χ0v) is 16.5. The van der Waals surface area contributed by atoms with E-state index in [-0.39, 0.29) is 0 Å². The summed E-state index contributed by atoms with van der Waals surface area (Å²) in [6, 6.07) is 13.0. The van der Waals surface area contributed by atoms with Crippen LogP contribution in [0, 0.1) is 6.92 Å². The van der Waals surface area contributed by atoms with Crippen LogP contribution in [0.5, 0.6) is 0 Å². The number of nitrogens with one attached hydrogen (secondary N) is 1. The molecule has 1 N–H and O–H groups in total. The number of halogens is 3. The summed E-state index contributed by atoms with van der Waals surface area (Å²) in [6.45, 7) is 2.31. The van der Waals surface area contributed by atoms with Gasteiger partial charge >= 0.3 is 0 Å². The molecule has 136 valence electrons. The van der Waals surface area contributed by atoms with Crippen molar-refractivity contribution in [3.05, 3.63) is 75.2 Å². The van der Waals surface area contributed by atoms with Crippen LogP contribution in [0.3, 0.4) is 0 Å². The fourth-order valence-electron chi connectivity index (χ4n) is 2.85. The molecule has 0 aliphatic heterocycles. The molecule has 0 radical (unpaired) electrons. The lowest BCUT2D eigenvalue weighted by molar-refractivity contribution is 0.969. The van der Waals surface area contributed by atoms with Crippen molar-refractivity contribution in [2.75, 3.05) is 5.32 Å². The van der Waals surface area contributed by atoms with Crippen molar-refractivity contribution in [2.45, 2.75) is 13.5 Å². The normalized spacial score (nSPS) is 11.1. The predicted octanol–water partition coefficient (Wildman–Crippen LogP) is 5.67. The lowest BCUT2D eigenvalue weighted by atomic mass is 10.1. The topological polar surface area (TPSA) is 55.1 Å². The van der Waals surface area contributed by atoms with Gasteiger partial charge in [-0.1, -0.05) is 46.9 Å². The van der Waals surface area contributed by atoms with Gasteiger partial charge < -0.3 is 9.72 Å². The first kappa shape index (κ1) is 18.0. The zero-order valence-electron chi connectivity index (χ0n) is 14.2. The number of anilines is 1. The molecule has 0 spiro atoms. The molecule has 27 heavy (non-hydrogen) atoms. The van der Waals surface area contributed by atoms with E-state index in [2.05, 4.69) is 15.3 Å². The Hall–Kier alpha value is -2.34. The molecule has 5 nitrogen and oxygen atoms in total. The van der Waals surface area contributed by atoms with E-state index >= 15 is 0 Å². The fourth-order valence-corrected chi connectivity index (χ4v) is 3.37. The van der Waals surface area contributed by atoms with Crippen LogP contribution >= 0.6 is 34.8 Å². The molecule has 8 heteroatoms. The summed E-state index contributed by atoms with van der Waals surface area (Å²) < 4.78 is 1.96. The number of nitrogens with zero attached hydrogens (tertiary/aromatic N) is 4. The van der Waals surface area contributed by atoms with E-state index < -0.39 is 0 Å². The average molecular weight is 419 g/mol. The van der Waals surface area contributed by atoms with Gasteiger partial charge in [-0.15, -0.1) is 0 Å². The van der Waals surface area contributed by atoms with Crippen LogP contribution in [-0.2, 0) is 6.54 Å². The Morgan fingerprint density at radius 3 is 2.41 bits per heavy atom. The minimum absolute atomic E-state index is 0.393. The molecule has 4 aromatic rings. The van der Waals surface area contributed by atoms with Crippen molar-refractivity contribution in [1.29, 1.82) is 0 Å². The second-order valence-electron chi connectivity index (χ2n) is 6.00. The van der Waals surface area contributed by atoms with E-state index in [4.69, 9.17) is 39.8 Å². The van der Waals surface area contributed by atoms with Gasteiger partial charge in [-0.2, -0.15) is 0 Å². The number of pyridine rings is 1. The molecular formula is C19H14Cl3N5. The average Bonchev–Trinajstić information content (AvgIpc) is 2.97. The third-order valence-electron chi connectivity index (χ3n) is 4.04. The summed E-state index contributed by atoms with van der Waals surface area (Å²) >= 11 is 18.3. The maximum absolute atomic E-state index is 6.20. The van der Waals surface area contributed by atoms with Gasteiger partial charge in [-0.3, -0.25) is 0 Å². The lowest BCUT2D eigenvalue weighted by Gasteiger charge is -2.09. The van der Waals surface area contributed by atoms with Crippen LogP contribution in [0.2, 0.25) is 15.2 Å². The van der Waals surface area contributed by atoms with Crippen molar-refractivity contribution >= 4 is 46.4 Å². The number of imidazole rings is 1. The largest absolute Gasteiger partial charge is 0.348 e. The Labute approximate surface area is 171 Å². The summed E-state index contributed by atoms with van der Waals surface area (Å²) in [7, 11) is 0.